The average Bonchev–Trinajstić information content (AvgIpc) is 2.44. The highest BCUT2D eigenvalue weighted by Crippen LogP contribution is 2.10. The number of esters is 1. The summed E-state index contributed by atoms with van der Waals surface area (Å²) in [5, 5.41) is 3.22. The van der Waals surface area contributed by atoms with Gasteiger partial charge in [0.25, 0.3) is 0 Å². The molecule has 0 aromatic heterocycles. The third-order valence-corrected chi connectivity index (χ3v) is 3.36. The quantitative estimate of drug-likeness (QED) is 0.393. The maximum absolute atomic E-state index is 11.8. The third kappa shape index (κ3) is 11.2. The molecule has 1 N–H and O–H groups in total. The van der Waals surface area contributed by atoms with E-state index in [-0.39, 0.29) is 12.0 Å². The number of hydrogen-bond donors (Lipinski definition) is 1. The van der Waals surface area contributed by atoms with Crippen molar-refractivity contribution in [3.05, 3.63) is 0 Å². The molecule has 0 spiro atoms. The summed E-state index contributed by atoms with van der Waals surface area (Å²) in [7, 11) is 1.66. The molecule has 120 valence electrons. The number of carbonyl (C=O) groups excluding carboxylic acids is 1. The molecule has 1 unspecified atom stereocenters. The zero-order valence-electron chi connectivity index (χ0n) is 13.6. The van der Waals surface area contributed by atoms with E-state index in [9.17, 15) is 4.79 Å². The van der Waals surface area contributed by atoms with E-state index in [1.807, 2.05) is 6.92 Å². The molecule has 0 aliphatic carbocycles. The molecule has 0 amide bonds. The molecule has 20 heavy (non-hydrogen) atoms. The zero-order chi connectivity index (χ0) is 15.1. The molecule has 0 saturated heterocycles. The van der Waals surface area contributed by atoms with Crippen LogP contribution >= 0.6 is 0 Å². The van der Waals surface area contributed by atoms with Crippen LogP contribution in [0.25, 0.3) is 0 Å². The maximum Gasteiger partial charge on any atom is 0.323 e. The summed E-state index contributed by atoms with van der Waals surface area (Å²) in [6.07, 6.45) is 9.68. The summed E-state index contributed by atoms with van der Waals surface area (Å²) in [5.74, 6) is -0.130. The van der Waals surface area contributed by atoms with Crippen molar-refractivity contribution in [1.29, 1.82) is 0 Å². The number of ether oxygens (including phenoxy) is 2. The van der Waals surface area contributed by atoms with Gasteiger partial charge in [0.1, 0.15) is 6.04 Å². The first-order valence-corrected chi connectivity index (χ1v) is 8.15. The van der Waals surface area contributed by atoms with Crippen molar-refractivity contribution in [1.82, 2.24) is 5.32 Å². The Morgan fingerprint density at radius 1 is 1.05 bits per heavy atom. The minimum absolute atomic E-state index is 0.130. The molecule has 0 aliphatic rings. The average molecular weight is 287 g/mol. The van der Waals surface area contributed by atoms with Gasteiger partial charge in [-0.05, 0) is 13.3 Å². The molecule has 0 bridgehead atoms. The Labute approximate surface area is 124 Å². The van der Waals surface area contributed by atoms with E-state index in [4.69, 9.17) is 9.47 Å². The molecular weight excluding hydrogens is 254 g/mol. The molecule has 0 fully saturated rings. The standard InChI is InChI=1S/C16H33NO3/c1-4-6-7-8-9-10-11-12-15(16(18)20-5-2)17-13-14-19-3/h15,17H,4-14H2,1-3H3. The molecule has 4 heteroatoms. The second-order valence-electron chi connectivity index (χ2n) is 5.16. The summed E-state index contributed by atoms with van der Waals surface area (Å²) in [6, 6.07) is -0.180. The molecule has 0 aromatic carbocycles. The third-order valence-electron chi connectivity index (χ3n) is 3.36. The van der Waals surface area contributed by atoms with Gasteiger partial charge in [-0.2, -0.15) is 0 Å². The Morgan fingerprint density at radius 2 is 1.70 bits per heavy atom. The number of unbranched alkanes of at least 4 members (excludes halogenated alkanes) is 6. The van der Waals surface area contributed by atoms with Crippen molar-refractivity contribution < 1.29 is 14.3 Å². The van der Waals surface area contributed by atoms with Crippen LogP contribution in [0, 0.1) is 0 Å². The lowest BCUT2D eigenvalue weighted by atomic mass is 10.1. The van der Waals surface area contributed by atoms with E-state index < -0.39 is 0 Å². The Balaban J connectivity index is 3.76. The fourth-order valence-corrected chi connectivity index (χ4v) is 2.19. The number of rotatable bonds is 14. The van der Waals surface area contributed by atoms with Crippen LogP contribution < -0.4 is 5.32 Å². The normalized spacial score (nSPS) is 12.3. The summed E-state index contributed by atoms with van der Waals surface area (Å²) >= 11 is 0. The van der Waals surface area contributed by atoms with Crippen molar-refractivity contribution in [2.45, 2.75) is 71.3 Å². The molecule has 0 heterocycles. The largest absolute Gasteiger partial charge is 0.465 e. The Bertz CT molecular complexity index is 222. The van der Waals surface area contributed by atoms with Crippen LogP contribution in [0.4, 0.5) is 0 Å². The molecule has 0 aromatic rings. The van der Waals surface area contributed by atoms with Gasteiger partial charge in [-0.1, -0.05) is 51.9 Å². The number of carbonyl (C=O) groups is 1. The highest BCUT2D eigenvalue weighted by atomic mass is 16.5. The van der Waals surface area contributed by atoms with Gasteiger partial charge in [-0.15, -0.1) is 0 Å². The lowest BCUT2D eigenvalue weighted by molar-refractivity contribution is -0.145. The minimum Gasteiger partial charge on any atom is -0.465 e. The monoisotopic (exact) mass is 287 g/mol. The minimum atomic E-state index is -0.180. The number of nitrogens with one attached hydrogen (secondary N) is 1. The zero-order valence-corrected chi connectivity index (χ0v) is 13.6. The predicted molar refractivity (Wildman–Crippen MR) is 82.9 cm³/mol. The molecule has 4 nitrogen and oxygen atoms in total. The van der Waals surface area contributed by atoms with Gasteiger partial charge in [-0.3, -0.25) is 4.79 Å². The molecular formula is C16H33NO3. The smallest absolute Gasteiger partial charge is 0.323 e. The lowest BCUT2D eigenvalue weighted by Gasteiger charge is -2.17. The van der Waals surface area contributed by atoms with Crippen LogP contribution in [0.2, 0.25) is 0 Å². The van der Waals surface area contributed by atoms with Crippen molar-refractivity contribution in [2.75, 3.05) is 26.9 Å². The SMILES string of the molecule is CCCCCCCCCC(NCCOC)C(=O)OCC. The van der Waals surface area contributed by atoms with Crippen LogP contribution in [0.5, 0.6) is 0 Å². The van der Waals surface area contributed by atoms with Gasteiger partial charge in [0.05, 0.1) is 13.2 Å². The summed E-state index contributed by atoms with van der Waals surface area (Å²) in [5.41, 5.74) is 0. The van der Waals surface area contributed by atoms with Gasteiger partial charge < -0.3 is 14.8 Å². The fourth-order valence-electron chi connectivity index (χ4n) is 2.19. The van der Waals surface area contributed by atoms with Crippen molar-refractivity contribution >= 4 is 5.97 Å². The van der Waals surface area contributed by atoms with Crippen molar-refractivity contribution in [3.63, 3.8) is 0 Å². The lowest BCUT2D eigenvalue weighted by Crippen LogP contribution is -2.39. The maximum atomic E-state index is 11.8. The fraction of sp³-hybridized carbons (Fsp3) is 0.938. The summed E-state index contributed by atoms with van der Waals surface area (Å²) in [4.78, 5) is 11.8. The van der Waals surface area contributed by atoms with Gasteiger partial charge >= 0.3 is 5.97 Å². The number of methoxy groups -OCH3 is 1. The van der Waals surface area contributed by atoms with E-state index in [0.29, 0.717) is 19.8 Å². The van der Waals surface area contributed by atoms with E-state index in [1.165, 1.54) is 38.5 Å². The van der Waals surface area contributed by atoms with E-state index in [2.05, 4.69) is 12.2 Å². The predicted octanol–water partition coefficient (Wildman–Crippen LogP) is 3.29. The Hall–Kier alpha value is -0.610. The first-order valence-electron chi connectivity index (χ1n) is 8.15. The van der Waals surface area contributed by atoms with Crippen LogP contribution in [0.3, 0.4) is 0 Å². The summed E-state index contributed by atoms with van der Waals surface area (Å²) in [6.45, 7) is 5.83. The Kier molecular flexibility index (Phi) is 14.3. The number of hydrogen-bond acceptors (Lipinski definition) is 4. The van der Waals surface area contributed by atoms with Crippen LogP contribution in [0.1, 0.15) is 65.2 Å². The highest BCUT2D eigenvalue weighted by Gasteiger charge is 2.18. The molecule has 0 radical (unpaired) electrons. The van der Waals surface area contributed by atoms with Crippen LogP contribution in [0.15, 0.2) is 0 Å². The molecule has 1 atom stereocenters. The second-order valence-corrected chi connectivity index (χ2v) is 5.16. The van der Waals surface area contributed by atoms with Gasteiger partial charge in [-0.25, -0.2) is 0 Å². The second kappa shape index (κ2) is 14.8. The van der Waals surface area contributed by atoms with E-state index >= 15 is 0 Å². The molecule has 0 rings (SSSR count). The van der Waals surface area contributed by atoms with Crippen LogP contribution in [-0.4, -0.2) is 38.9 Å². The van der Waals surface area contributed by atoms with Gasteiger partial charge in [0.15, 0.2) is 0 Å². The van der Waals surface area contributed by atoms with Crippen LogP contribution in [-0.2, 0) is 14.3 Å². The van der Waals surface area contributed by atoms with Gasteiger partial charge in [0, 0.05) is 13.7 Å². The first-order chi connectivity index (χ1) is 9.76. The Morgan fingerprint density at radius 3 is 2.30 bits per heavy atom. The first kappa shape index (κ1) is 19.4. The van der Waals surface area contributed by atoms with E-state index in [1.54, 1.807) is 7.11 Å². The topological polar surface area (TPSA) is 47.6 Å². The van der Waals surface area contributed by atoms with Gasteiger partial charge in [0.2, 0.25) is 0 Å². The van der Waals surface area contributed by atoms with E-state index in [0.717, 1.165) is 12.8 Å². The molecule has 0 saturated carbocycles. The highest BCUT2D eigenvalue weighted by molar-refractivity contribution is 5.75. The van der Waals surface area contributed by atoms with Crippen molar-refractivity contribution in [2.24, 2.45) is 0 Å². The summed E-state index contributed by atoms with van der Waals surface area (Å²) < 4.78 is 10.1. The molecule has 0 aliphatic heterocycles. The van der Waals surface area contributed by atoms with Crippen molar-refractivity contribution in [3.8, 4) is 0 Å².